The summed E-state index contributed by atoms with van der Waals surface area (Å²) in [5.41, 5.74) is 0.998. The van der Waals surface area contributed by atoms with E-state index in [4.69, 9.17) is 18.9 Å². The van der Waals surface area contributed by atoms with Crippen molar-refractivity contribution in [3.05, 3.63) is 36.4 Å². The van der Waals surface area contributed by atoms with Gasteiger partial charge in [-0.3, -0.25) is 4.79 Å². The maximum atomic E-state index is 12.0. The van der Waals surface area contributed by atoms with Gasteiger partial charge in [-0.05, 0) is 30.5 Å². The van der Waals surface area contributed by atoms with Crippen LogP contribution in [0.1, 0.15) is 30.7 Å². The van der Waals surface area contributed by atoms with E-state index < -0.39 is 0 Å². The second kappa shape index (κ2) is 8.17. The smallest absolute Gasteiger partial charge is 0.231 e. The Bertz CT molecular complexity index is 583. The zero-order valence-electron chi connectivity index (χ0n) is 13.7. The largest absolute Gasteiger partial charge is 0.454 e. The zero-order chi connectivity index (χ0) is 16.8. The van der Waals surface area contributed by atoms with Crippen molar-refractivity contribution in [2.24, 2.45) is 0 Å². The summed E-state index contributed by atoms with van der Waals surface area (Å²) < 4.78 is 22.1. The Morgan fingerprint density at radius 1 is 1.29 bits per heavy atom. The normalized spacial score (nSPS) is 17.7. The molecule has 2 aliphatic rings. The Labute approximate surface area is 141 Å². The monoisotopic (exact) mass is 333 g/mol. The van der Waals surface area contributed by atoms with Crippen molar-refractivity contribution >= 4 is 5.91 Å². The van der Waals surface area contributed by atoms with Crippen LogP contribution in [0.3, 0.4) is 0 Å². The van der Waals surface area contributed by atoms with Crippen LogP contribution in [0.2, 0.25) is 0 Å². The van der Waals surface area contributed by atoms with E-state index in [0.29, 0.717) is 31.9 Å². The minimum atomic E-state index is -0.362. The van der Waals surface area contributed by atoms with Gasteiger partial charge >= 0.3 is 0 Å². The van der Waals surface area contributed by atoms with Gasteiger partial charge < -0.3 is 24.3 Å². The quantitative estimate of drug-likeness (QED) is 0.584. The molecule has 0 radical (unpaired) electrons. The average Bonchev–Trinajstić information content (AvgIpc) is 3.26. The van der Waals surface area contributed by atoms with Gasteiger partial charge in [-0.2, -0.15) is 0 Å². The summed E-state index contributed by atoms with van der Waals surface area (Å²) in [6.45, 7) is 5.49. The molecule has 0 spiro atoms. The molecule has 3 rings (SSSR count). The van der Waals surface area contributed by atoms with Crippen molar-refractivity contribution in [2.75, 3.05) is 26.6 Å². The van der Waals surface area contributed by atoms with E-state index in [9.17, 15) is 4.79 Å². The molecule has 1 amide bonds. The highest BCUT2D eigenvalue weighted by Crippen LogP contribution is 2.36. The summed E-state index contributed by atoms with van der Waals surface area (Å²) in [7, 11) is 0. The number of benzene rings is 1. The van der Waals surface area contributed by atoms with Crippen LogP contribution >= 0.6 is 0 Å². The van der Waals surface area contributed by atoms with Crippen molar-refractivity contribution in [1.82, 2.24) is 5.32 Å². The number of rotatable bonds is 8. The second-order valence-corrected chi connectivity index (χ2v) is 5.81. The van der Waals surface area contributed by atoms with Crippen molar-refractivity contribution < 1.29 is 23.7 Å². The predicted octanol–water partition coefficient (Wildman–Crippen LogP) is 2.34. The highest BCUT2D eigenvalue weighted by molar-refractivity contribution is 5.75. The number of nitrogens with one attached hydrogen (secondary N) is 1. The molecule has 0 aliphatic carbocycles. The number of carbonyl (C=O) groups is 1. The van der Waals surface area contributed by atoms with Gasteiger partial charge in [0, 0.05) is 13.0 Å². The molecular weight excluding hydrogens is 310 g/mol. The fourth-order valence-corrected chi connectivity index (χ4v) is 2.84. The lowest BCUT2D eigenvalue weighted by atomic mass is 9.97. The van der Waals surface area contributed by atoms with Crippen molar-refractivity contribution in [2.45, 2.75) is 31.5 Å². The topological polar surface area (TPSA) is 66.0 Å². The first-order valence-corrected chi connectivity index (χ1v) is 8.28. The first-order chi connectivity index (χ1) is 11.8. The maximum Gasteiger partial charge on any atom is 0.231 e. The van der Waals surface area contributed by atoms with Crippen LogP contribution in [0.5, 0.6) is 11.5 Å². The van der Waals surface area contributed by atoms with Crippen LogP contribution in [-0.4, -0.2) is 38.7 Å². The van der Waals surface area contributed by atoms with Crippen molar-refractivity contribution in [1.29, 1.82) is 0 Å². The molecule has 1 aromatic carbocycles. The average molecular weight is 333 g/mol. The molecule has 24 heavy (non-hydrogen) atoms. The number of hydrogen-bond acceptors (Lipinski definition) is 5. The van der Waals surface area contributed by atoms with Gasteiger partial charge in [-0.25, -0.2) is 0 Å². The first kappa shape index (κ1) is 16.8. The van der Waals surface area contributed by atoms with Crippen molar-refractivity contribution in [3.63, 3.8) is 0 Å². The van der Waals surface area contributed by atoms with Crippen molar-refractivity contribution in [3.8, 4) is 11.5 Å². The number of carbonyl (C=O) groups excluding carboxylic acids is 1. The summed E-state index contributed by atoms with van der Waals surface area (Å²) in [5, 5.41) is 2.98. The summed E-state index contributed by atoms with van der Waals surface area (Å²) in [5.74, 6) is 1.39. The van der Waals surface area contributed by atoms with Crippen LogP contribution in [0.4, 0.5) is 0 Å². The molecule has 1 saturated heterocycles. The molecule has 1 unspecified atom stereocenters. The second-order valence-electron chi connectivity index (χ2n) is 5.81. The molecule has 1 aromatic rings. The van der Waals surface area contributed by atoms with E-state index >= 15 is 0 Å². The van der Waals surface area contributed by atoms with E-state index in [1.807, 2.05) is 24.3 Å². The number of fused-ring (bicyclic) bond motifs is 1. The molecule has 2 aliphatic heterocycles. The van der Waals surface area contributed by atoms with E-state index in [0.717, 1.165) is 24.2 Å². The predicted molar refractivity (Wildman–Crippen MR) is 88.1 cm³/mol. The zero-order valence-corrected chi connectivity index (χ0v) is 13.7. The summed E-state index contributed by atoms with van der Waals surface area (Å²) in [4.78, 5) is 12.0. The lowest BCUT2D eigenvalue weighted by Crippen LogP contribution is -2.34. The third kappa shape index (κ3) is 4.07. The van der Waals surface area contributed by atoms with Crippen LogP contribution < -0.4 is 14.8 Å². The van der Waals surface area contributed by atoms with E-state index in [1.54, 1.807) is 0 Å². The third-order valence-corrected chi connectivity index (χ3v) is 4.13. The van der Waals surface area contributed by atoms with E-state index in [2.05, 4.69) is 11.9 Å². The SMILES string of the molecule is C=CCCCC(=O)NCC(c1ccc2c(c1)OCO2)C1OCCO1. The standard InChI is InChI=1S/C18H23NO5/c1-2-3-4-5-17(20)19-11-14(18-21-8-9-22-18)13-6-7-15-16(10-13)24-12-23-15/h2,6-7,10,14,18H,1,3-5,8-9,11-12H2,(H,19,20). The molecule has 1 N–H and O–H groups in total. The Hall–Kier alpha value is -2.05. The highest BCUT2D eigenvalue weighted by Gasteiger charge is 2.30. The van der Waals surface area contributed by atoms with E-state index in [-0.39, 0.29) is 24.9 Å². The van der Waals surface area contributed by atoms with Gasteiger partial charge in [0.2, 0.25) is 12.7 Å². The van der Waals surface area contributed by atoms with Gasteiger partial charge in [-0.15, -0.1) is 6.58 Å². The maximum absolute atomic E-state index is 12.0. The Morgan fingerprint density at radius 2 is 2.08 bits per heavy atom. The van der Waals surface area contributed by atoms with Crippen LogP contribution in [0.25, 0.3) is 0 Å². The minimum absolute atomic E-state index is 0.0283. The fraction of sp³-hybridized carbons (Fsp3) is 0.500. The summed E-state index contributed by atoms with van der Waals surface area (Å²) in [6.07, 6.45) is 3.60. The van der Waals surface area contributed by atoms with Crippen LogP contribution in [0.15, 0.2) is 30.9 Å². The Morgan fingerprint density at radius 3 is 2.88 bits per heavy atom. The lowest BCUT2D eigenvalue weighted by Gasteiger charge is -2.23. The molecule has 6 heteroatoms. The van der Waals surface area contributed by atoms with Gasteiger partial charge in [0.1, 0.15) is 0 Å². The third-order valence-electron chi connectivity index (χ3n) is 4.13. The molecule has 0 saturated carbocycles. The molecule has 130 valence electrons. The molecule has 1 atom stereocenters. The molecular formula is C18H23NO5. The van der Waals surface area contributed by atoms with Crippen LogP contribution in [0, 0.1) is 0 Å². The van der Waals surface area contributed by atoms with Gasteiger partial charge in [-0.1, -0.05) is 12.1 Å². The van der Waals surface area contributed by atoms with Crippen LogP contribution in [-0.2, 0) is 14.3 Å². The number of ether oxygens (including phenoxy) is 4. The van der Waals surface area contributed by atoms with E-state index in [1.165, 1.54) is 0 Å². The molecule has 6 nitrogen and oxygen atoms in total. The number of allylic oxidation sites excluding steroid dienone is 1. The molecule has 0 aromatic heterocycles. The lowest BCUT2D eigenvalue weighted by molar-refractivity contribution is -0.121. The number of unbranched alkanes of at least 4 members (excludes halogenated alkanes) is 1. The molecule has 0 bridgehead atoms. The Balaban J connectivity index is 1.65. The Kier molecular flexibility index (Phi) is 5.72. The first-order valence-electron chi connectivity index (χ1n) is 8.28. The van der Waals surface area contributed by atoms with Gasteiger partial charge in [0.15, 0.2) is 17.8 Å². The number of amides is 1. The minimum Gasteiger partial charge on any atom is -0.454 e. The molecule has 2 heterocycles. The number of hydrogen-bond donors (Lipinski definition) is 1. The summed E-state index contributed by atoms with van der Waals surface area (Å²) >= 11 is 0. The fourth-order valence-electron chi connectivity index (χ4n) is 2.84. The van der Waals surface area contributed by atoms with Gasteiger partial charge in [0.25, 0.3) is 0 Å². The van der Waals surface area contributed by atoms with Gasteiger partial charge in [0.05, 0.1) is 19.1 Å². The highest BCUT2D eigenvalue weighted by atomic mass is 16.7. The summed E-state index contributed by atoms with van der Waals surface area (Å²) in [6, 6.07) is 5.78. The molecule has 1 fully saturated rings.